The standard InChI is InChI=1S/C12H5FN2S/c13-11-10(5-8(6-14)7-15)2-1-9-3-4-16-12(9)11/h1-5H. The number of hydrogen-bond donors (Lipinski definition) is 0. The Bertz CT molecular complexity index is 640. The number of rotatable bonds is 1. The van der Waals surface area contributed by atoms with Crippen molar-refractivity contribution in [3.8, 4) is 12.1 Å². The third-order valence-electron chi connectivity index (χ3n) is 2.13. The normalized spacial score (nSPS) is 9.44. The Morgan fingerprint density at radius 2 is 2.00 bits per heavy atom. The SMILES string of the molecule is N#CC(C#N)=Cc1ccc2ccsc2c1F. The van der Waals surface area contributed by atoms with Crippen LogP contribution in [0, 0.1) is 28.5 Å². The molecule has 0 amide bonds. The largest absolute Gasteiger partial charge is 0.205 e. The maximum atomic E-state index is 13.9. The van der Waals surface area contributed by atoms with Gasteiger partial charge in [0.1, 0.15) is 23.5 Å². The molecule has 2 nitrogen and oxygen atoms in total. The van der Waals surface area contributed by atoms with Gasteiger partial charge in [-0.3, -0.25) is 0 Å². The van der Waals surface area contributed by atoms with E-state index in [2.05, 4.69) is 0 Å². The van der Waals surface area contributed by atoms with Crippen LogP contribution in [0.2, 0.25) is 0 Å². The highest BCUT2D eigenvalue weighted by atomic mass is 32.1. The van der Waals surface area contributed by atoms with Crippen LogP contribution in [-0.4, -0.2) is 0 Å². The Morgan fingerprint density at radius 1 is 1.25 bits per heavy atom. The molecule has 2 aromatic rings. The molecule has 76 valence electrons. The van der Waals surface area contributed by atoms with Crippen LogP contribution in [0.15, 0.2) is 29.2 Å². The van der Waals surface area contributed by atoms with Gasteiger partial charge in [-0.25, -0.2) is 4.39 Å². The zero-order valence-corrected chi connectivity index (χ0v) is 8.88. The van der Waals surface area contributed by atoms with E-state index in [0.717, 1.165) is 5.39 Å². The zero-order chi connectivity index (χ0) is 11.5. The molecule has 0 aliphatic heterocycles. The molecule has 0 aliphatic rings. The molecule has 0 atom stereocenters. The quantitative estimate of drug-likeness (QED) is 0.701. The lowest BCUT2D eigenvalue weighted by molar-refractivity contribution is 0.639. The fraction of sp³-hybridized carbons (Fsp3) is 0. The fourth-order valence-electron chi connectivity index (χ4n) is 1.37. The van der Waals surface area contributed by atoms with Crippen molar-refractivity contribution in [2.75, 3.05) is 0 Å². The van der Waals surface area contributed by atoms with Crippen LogP contribution < -0.4 is 0 Å². The van der Waals surface area contributed by atoms with E-state index in [4.69, 9.17) is 10.5 Å². The van der Waals surface area contributed by atoms with Gasteiger partial charge in [0.15, 0.2) is 0 Å². The lowest BCUT2D eigenvalue weighted by Crippen LogP contribution is -1.83. The smallest absolute Gasteiger partial charge is 0.148 e. The molecule has 0 bridgehead atoms. The Labute approximate surface area is 95.5 Å². The summed E-state index contributed by atoms with van der Waals surface area (Å²) in [6, 6.07) is 8.58. The van der Waals surface area contributed by atoms with Gasteiger partial charge in [-0.15, -0.1) is 11.3 Å². The van der Waals surface area contributed by atoms with Crippen LogP contribution in [0.3, 0.4) is 0 Å². The monoisotopic (exact) mass is 228 g/mol. The highest BCUT2D eigenvalue weighted by Gasteiger charge is 2.07. The van der Waals surface area contributed by atoms with E-state index in [1.54, 1.807) is 29.7 Å². The summed E-state index contributed by atoms with van der Waals surface area (Å²) in [4.78, 5) is 0. The number of nitriles is 2. The Morgan fingerprint density at radius 3 is 2.69 bits per heavy atom. The zero-order valence-electron chi connectivity index (χ0n) is 8.07. The molecule has 0 N–H and O–H groups in total. The Balaban J connectivity index is 2.64. The van der Waals surface area contributed by atoms with Crippen molar-refractivity contribution in [3.63, 3.8) is 0 Å². The van der Waals surface area contributed by atoms with Crippen molar-refractivity contribution in [3.05, 3.63) is 40.5 Å². The fourth-order valence-corrected chi connectivity index (χ4v) is 2.21. The first-order valence-corrected chi connectivity index (χ1v) is 5.32. The van der Waals surface area contributed by atoms with Crippen molar-refractivity contribution < 1.29 is 4.39 Å². The first-order valence-electron chi connectivity index (χ1n) is 4.44. The number of fused-ring (bicyclic) bond motifs is 1. The molecular weight excluding hydrogens is 223 g/mol. The lowest BCUT2D eigenvalue weighted by atomic mass is 10.1. The van der Waals surface area contributed by atoms with Gasteiger partial charge in [0.2, 0.25) is 0 Å². The second kappa shape index (κ2) is 4.14. The molecule has 1 aromatic heterocycles. The van der Waals surface area contributed by atoms with Gasteiger partial charge in [-0.1, -0.05) is 12.1 Å². The van der Waals surface area contributed by atoms with Crippen LogP contribution in [-0.2, 0) is 0 Å². The summed E-state index contributed by atoms with van der Waals surface area (Å²) in [5, 5.41) is 19.8. The van der Waals surface area contributed by atoms with E-state index in [0.29, 0.717) is 4.70 Å². The molecular formula is C12H5FN2S. The molecule has 4 heteroatoms. The van der Waals surface area contributed by atoms with Crippen molar-refractivity contribution in [2.24, 2.45) is 0 Å². The van der Waals surface area contributed by atoms with Crippen LogP contribution in [0.25, 0.3) is 16.2 Å². The maximum absolute atomic E-state index is 13.9. The highest BCUT2D eigenvalue weighted by molar-refractivity contribution is 7.17. The van der Waals surface area contributed by atoms with Crippen molar-refractivity contribution in [2.45, 2.75) is 0 Å². The molecule has 1 aromatic carbocycles. The minimum absolute atomic E-state index is 0.102. The van der Waals surface area contributed by atoms with E-state index in [-0.39, 0.29) is 17.0 Å². The van der Waals surface area contributed by atoms with Crippen LogP contribution in [0.5, 0.6) is 0 Å². The van der Waals surface area contributed by atoms with E-state index in [1.807, 2.05) is 6.07 Å². The van der Waals surface area contributed by atoms with E-state index < -0.39 is 0 Å². The van der Waals surface area contributed by atoms with Crippen LogP contribution >= 0.6 is 11.3 Å². The Hall–Kier alpha value is -2.17. The summed E-state index contributed by atoms with van der Waals surface area (Å²) in [5.74, 6) is -0.379. The summed E-state index contributed by atoms with van der Waals surface area (Å²) < 4.78 is 14.4. The van der Waals surface area contributed by atoms with E-state index in [9.17, 15) is 4.39 Å². The number of hydrogen-bond acceptors (Lipinski definition) is 3. The molecule has 0 saturated heterocycles. The number of allylic oxidation sites excluding steroid dienone is 1. The van der Waals surface area contributed by atoms with Gasteiger partial charge in [-0.2, -0.15) is 10.5 Å². The van der Waals surface area contributed by atoms with E-state index in [1.165, 1.54) is 17.4 Å². The number of halogens is 1. The minimum atomic E-state index is -0.379. The van der Waals surface area contributed by atoms with Gasteiger partial charge in [0, 0.05) is 5.56 Å². The third-order valence-corrected chi connectivity index (χ3v) is 3.05. The second-order valence-corrected chi connectivity index (χ2v) is 4.01. The first-order chi connectivity index (χ1) is 7.76. The van der Waals surface area contributed by atoms with Gasteiger partial charge in [-0.05, 0) is 22.9 Å². The highest BCUT2D eigenvalue weighted by Crippen LogP contribution is 2.27. The topological polar surface area (TPSA) is 47.6 Å². The predicted molar refractivity (Wildman–Crippen MR) is 61.0 cm³/mol. The summed E-state index contributed by atoms with van der Waals surface area (Å²) in [7, 11) is 0. The van der Waals surface area contributed by atoms with Crippen molar-refractivity contribution >= 4 is 27.5 Å². The number of benzene rings is 1. The molecule has 0 fully saturated rings. The van der Waals surface area contributed by atoms with E-state index >= 15 is 0 Å². The molecule has 16 heavy (non-hydrogen) atoms. The maximum Gasteiger partial charge on any atom is 0.148 e. The summed E-state index contributed by atoms with van der Waals surface area (Å²) >= 11 is 1.30. The van der Waals surface area contributed by atoms with Crippen molar-refractivity contribution in [1.82, 2.24) is 0 Å². The van der Waals surface area contributed by atoms with Gasteiger partial charge >= 0.3 is 0 Å². The molecule has 2 rings (SSSR count). The third kappa shape index (κ3) is 1.67. The molecule has 0 radical (unpaired) electrons. The minimum Gasteiger partial charge on any atom is -0.205 e. The molecule has 0 saturated carbocycles. The summed E-state index contributed by atoms with van der Waals surface area (Å²) in [5.41, 5.74) is 0.169. The lowest BCUT2D eigenvalue weighted by Gasteiger charge is -1.97. The van der Waals surface area contributed by atoms with Gasteiger partial charge < -0.3 is 0 Å². The Kier molecular flexibility index (Phi) is 2.68. The van der Waals surface area contributed by atoms with Crippen LogP contribution in [0.4, 0.5) is 4.39 Å². The average molecular weight is 228 g/mol. The molecule has 1 heterocycles. The first kappa shape index (κ1) is 10.4. The molecule has 0 unspecified atom stereocenters. The van der Waals surface area contributed by atoms with Gasteiger partial charge in [0.05, 0.1) is 4.70 Å². The van der Waals surface area contributed by atoms with Crippen molar-refractivity contribution in [1.29, 1.82) is 10.5 Å². The number of thiophene rings is 1. The molecule has 0 aliphatic carbocycles. The molecule has 0 spiro atoms. The summed E-state index contributed by atoms with van der Waals surface area (Å²) in [6.45, 7) is 0. The predicted octanol–water partition coefficient (Wildman–Crippen LogP) is 3.47. The van der Waals surface area contributed by atoms with Crippen LogP contribution in [0.1, 0.15) is 5.56 Å². The summed E-state index contributed by atoms with van der Waals surface area (Å²) in [6.07, 6.45) is 1.26. The van der Waals surface area contributed by atoms with Gasteiger partial charge in [0.25, 0.3) is 0 Å². The average Bonchev–Trinajstić information content (AvgIpc) is 2.77. The number of nitrogens with zero attached hydrogens (tertiary/aromatic N) is 2. The second-order valence-electron chi connectivity index (χ2n) is 3.09.